The lowest BCUT2D eigenvalue weighted by Gasteiger charge is -2.22. The molecule has 0 radical (unpaired) electrons. The molecule has 0 fully saturated rings. The summed E-state index contributed by atoms with van der Waals surface area (Å²) in [5.41, 5.74) is 5.94. The Balaban J connectivity index is 2.87. The van der Waals surface area contributed by atoms with E-state index in [0.29, 0.717) is 41.7 Å². The van der Waals surface area contributed by atoms with E-state index in [1.807, 2.05) is 0 Å². The number of nitrogens with two attached hydrogens (primary N) is 1. The zero-order valence-corrected chi connectivity index (χ0v) is 14.2. The minimum Gasteiger partial charge on any atom is -0.393 e. The molecule has 0 saturated carbocycles. The van der Waals surface area contributed by atoms with Crippen molar-refractivity contribution in [3.05, 3.63) is 33.3 Å². The fourth-order valence-electron chi connectivity index (χ4n) is 1.59. The zero-order chi connectivity index (χ0) is 15.1. The Labute approximate surface area is 137 Å². The lowest BCUT2D eigenvalue weighted by Crippen LogP contribution is -2.36. The van der Waals surface area contributed by atoms with Crippen LogP contribution in [0.1, 0.15) is 16.8 Å². The van der Waals surface area contributed by atoms with Crippen LogP contribution in [0.4, 0.5) is 0 Å². The molecule has 0 atom stereocenters. The maximum atomic E-state index is 12.5. The van der Waals surface area contributed by atoms with Crippen LogP contribution in [0.15, 0.2) is 22.7 Å². The highest BCUT2D eigenvalue weighted by atomic mass is 79.9. The van der Waals surface area contributed by atoms with Crippen LogP contribution in [0.3, 0.4) is 0 Å². The standard InChI is InChI=1S/C13H16BrClN2O2S/c1-19-7-6-17(5-4-12(16)20)13(18)10-3-2-9(14)8-11(10)15/h2-3,8H,4-7H2,1H3,(H2,16,20). The SMILES string of the molecule is COCCN(CCC(N)=S)C(=O)c1ccc(Br)cc1Cl. The largest absolute Gasteiger partial charge is 0.393 e. The number of carbonyl (C=O) groups excluding carboxylic acids is 1. The number of hydrogen-bond donors (Lipinski definition) is 1. The summed E-state index contributed by atoms with van der Waals surface area (Å²) >= 11 is 14.3. The zero-order valence-electron chi connectivity index (χ0n) is 11.1. The van der Waals surface area contributed by atoms with Gasteiger partial charge in [0.25, 0.3) is 5.91 Å². The number of benzene rings is 1. The Kier molecular flexibility index (Phi) is 7.43. The van der Waals surface area contributed by atoms with Crippen molar-refractivity contribution in [3.8, 4) is 0 Å². The first-order valence-electron chi connectivity index (χ1n) is 5.97. The van der Waals surface area contributed by atoms with E-state index >= 15 is 0 Å². The van der Waals surface area contributed by atoms with Crippen LogP contribution >= 0.6 is 39.7 Å². The Morgan fingerprint density at radius 2 is 2.20 bits per heavy atom. The van der Waals surface area contributed by atoms with Crippen molar-refractivity contribution >= 4 is 50.6 Å². The highest BCUT2D eigenvalue weighted by Crippen LogP contribution is 2.22. The molecule has 4 nitrogen and oxygen atoms in total. The van der Waals surface area contributed by atoms with Gasteiger partial charge in [0, 0.05) is 31.1 Å². The average molecular weight is 380 g/mol. The van der Waals surface area contributed by atoms with Gasteiger partial charge in [-0.15, -0.1) is 0 Å². The maximum Gasteiger partial charge on any atom is 0.255 e. The van der Waals surface area contributed by atoms with Crippen molar-refractivity contribution in [2.75, 3.05) is 26.8 Å². The Morgan fingerprint density at radius 1 is 1.50 bits per heavy atom. The predicted octanol–water partition coefficient (Wildman–Crippen LogP) is 2.87. The van der Waals surface area contributed by atoms with Gasteiger partial charge in [-0.05, 0) is 18.2 Å². The normalized spacial score (nSPS) is 10.3. The second-order valence-electron chi connectivity index (χ2n) is 4.13. The molecular formula is C13H16BrClN2O2S. The third kappa shape index (κ3) is 5.36. The van der Waals surface area contributed by atoms with Crippen molar-refractivity contribution in [1.82, 2.24) is 4.90 Å². The number of amides is 1. The molecule has 1 amide bonds. The summed E-state index contributed by atoms with van der Waals surface area (Å²) in [5.74, 6) is -0.157. The summed E-state index contributed by atoms with van der Waals surface area (Å²) in [4.78, 5) is 14.5. The van der Waals surface area contributed by atoms with Crippen molar-refractivity contribution in [3.63, 3.8) is 0 Å². The van der Waals surface area contributed by atoms with E-state index in [2.05, 4.69) is 15.9 Å². The molecule has 0 bridgehead atoms. The summed E-state index contributed by atoms with van der Waals surface area (Å²) in [5, 5.41) is 0.405. The molecule has 0 aliphatic carbocycles. The average Bonchev–Trinajstić information content (AvgIpc) is 2.38. The number of methoxy groups -OCH3 is 1. The van der Waals surface area contributed by atoms with Crippen LogP contribution in [0, 0.1) is 0 Å². The molecule has 0 heterocycles. The molecule has 20 heavy (non-hydrogen) atoms. The first-order valence-corrected chi connectivity index (χ1v) is 7.55. The third-order valence-electron chi connectivity index (χ3n) is 2.64. The smallest absolute Gasteiger partial charge is 0.255 e. The van der Waals surface area contributed by atoms with Gasteiger partial charge in [-0.25, -0.2) is 0 Å². The molecule has 1 aromatic carbocycles. The van der Waals surface area contributed by atoms with Gasteiger partial charge in [-0.3, -0.25) is 4.79 Å². The van der Waals surface area contributed by atoms with Crippen LogP contribution in [0.2, 0.25) is 5.02 Å². The lowest BCUT2D eigenvalue weighted by atomic mass is 10.2. The molecule has 0 aliphatic rings. The minimum atomic E-state index is -0.157. The van der Waals surface area contributed by atoms with Crippen molar-refractivity contribution in [2.45, 2.75) is 6.42 Å². The molecule has 0 aromatic heterocycles. The minimum absolute atomic E-state index is 0.157. The lowest BCUT2D eigenvalue weighted by molar-refractivity contribution is 0.0701. The molecule has 0 spiro atoms. The number of rotatable bonds is 7. The van der Waals surface area contributed by atoms with Crippen LogP contribution in [-0.2, 0) is 4.74 Å². The number of halogens is 2. The van der Waals surface area contributed by atoms with E-state index in [9.17, 15) is 4.79 Å². The molecule has 7 heteroatoms. The third-order valence-corrected chi connectivity index (χ3v) is 3.65. The summed E-state index contributed by atoms with van der Waals surface area (Å²) in [7, 11) is 1.59. The van der Waals surface area contributed by atoms with E-state index in [0.717, 1.165) is 4.47 Å². The number of hydrogen-bond acceptors (Lipinski definition) is 3. The molecule has 110 valence electrons. The number of thiocarbonyl (C=S) groups is 1. The van der Waals surface area contributed by atoms with Gasteiger partial charge in [-0.2, -0.15) is 0 Å². The first-order chi connectivity index (χ1) is 9.45. The quantitative estimate of drug-likeness (QED) is 0.740. The monoisotopic (exact) mass is 378 g/mol. The molecular weight excluding hydrogens is 364 g/mol. The Bertz CT molecular complexity index is 499. The first kappa shape index (κ1) is 17.4. The van der Waals surface area contributed by atoms with Gasteiger partial charge in [-0.1, -0.05) is 39.7 Å². The van der Waals surface area contributed by atoms with E-state index in [4.69, 9.17) is 34.3 Å². The van der Waals surface area contributed by atoms with Gasteiger partial charge in [0.05, 0.1) is 22.2 Å². The molecule has 2 N–H and O–H groups in total. The molecule has 1 aromatic rings. The van der Waals surface area contributed by atoms with Crippen LogP contribution in [0.25, 0.3) is 0 Å². The van der Waals surface area contributed by atoms with E-state index < -0.39 is 0 Å². The highest BCUT2D eigenvalue weighted by molar-refractivity contribution is 9.10. The molecule has 0 aliphatic heterocycles. The predicted molar refractivity (Wildman–Crippen MR) is 88.3 cm³/mol. The summed E-state index contributed by atoms with van der Waals surface area (Å²) in [6.07, 6.45) is 0.471. The highest BCUT2D eigenvalue weighted by Gasteiger charge is 2.18. The van der Waals surface area contributed by atoms with Crippen molar-refractivity contribution in [2.24, 2.45) is 5.73 Å². The van der Waals surface area contributed by atoms with Gasteiger partial charge < -0.3 is 15.4 Å². The van der Waals surface area contributed by atoms with Crippen LogP contribution in [0.5, 0.6) is 0 Å². The topological polar surface area (TPSA) is 55.6 Å². The fourth-order valence-corrected chi connectivity index (χ4v) is 2.44. The van der Waals surface area contributed by atoms with Crippen LogP contribution in [-0.4, -0.2) is 42.6 Å². The number of nitrogens with zero attached hydrogens (tertiary/aromatic N) is 1. The molecule has 0 unspecified atom stereocenters. The van der Waals surface area contributed by atoms with Crippen molar-refractivity contribution < 1.29 is 9.53 Å². The van der Waals surface area contributed by atoms with Gasteiger partial charge in [0.2, 0.25) is 0 Å². The molecule has 0 saturated heterocycles. The summed E-state index contributed by atoms with van der Waals surface area (Å²) in [6.45, 7) is 1.35. The summed E-state index contributed by atoms with van der Waals surface area (Å²) < 4.78 is 5.84. The van der Waals surface area contributed by atoms with E-state index in [1.165, 1.54) is 0 Å². The second-order valence-corrected chi connectivity index (χ2v) is 5.97. The van der Waals surface area contributed by atoms with E-state index in [1.54, 1.807) is 30.2 Å². The van der Waals surface area contributed by atoms with Crippen molar-refractivity contribution in [1.29, 1.82) is 0 Å². The maximum absolute atomic E-state index is 12.5. The second kappa shape index (κ2) is 8.56. The van der Waals surface area contributed by atoms with E-state index in [-0.39, 0.29) is 5.91 Å². The Hall–Kier alpha value is -0.690. The summed E-state index contributed by atoms with van der Waals surface area (Å²) in [6, 6.07) is 5.16. The Morgan fingerprint density at radius 3 is 2.75 bits per heavy atom. The van der Waals surface area contributed by atoms with Gasteiger partial charge in [0.1, 0.15) is 0 Å². The van der Waals surface area contributed by atoms with Gasteiger partial charge >= 0.3 is 0 Å². The molecule has 1 rings (SSSR count). The fraction of sp³-hybridized carbons (Fsp3) is 0.385. The number of ether oxygens (including phenoxy) is 1. The van der Waals surface area contributed by atoms with Gasteiger partial charge in [0.15, 0.2) is 0 Å². The van der Waals surface area contributed by atoms with Crippen LogP contribution < -0.4 is 5.73 Å². The number of carbonyl (C=O) groups is 1.